The van der Waals surface area contributed by atoms with Crippen LogP contribution in [0.3, 0.4) is 0 Å². The van der Waals surface area contributed by atoms with Crippen LogP contribution in [0.1, 0.15) is 15.9 Å². The van der Waals surface area contributed by atoms with Crippen molar-refractivity contribution >= 4 is 38.1 Å². The van der Waals surface area contributed by atoms with E-state index in [1.165, 1.54) is 13.2 Å². The summed E-state index contributed by atoms with van der Waals surface area (Å²) in [6.45, 7) is 0.193. The smallest absolute Gasteiger partial charge is 0.165 e. The summed E-state index contributed by atoms with van der Waals surface area (Å²) in [5.74, 6) is 0.307. The number of aldehydes is 1. The van der Waals surface area contributed by atoms with Gasteiger partial charge in [0.2, 0.25) is 0 Å². The van der Waals surface area contributed by atoms with E-state index in [-0.39, 0.29) is 12.4 Å². The van der Waals surface area contributed by atoms with Gasteiger partial charge in [0.15, 0.2) is 11.6 Å². The lowest BCUT2D eigenvalue weighted by atomic mass is 10.2. The van der Waals surface area contributed by atoms with Crippen molar-refractivity contribution in [3.63, 3.8) is 0 Å². The van der Waals surface area contributed by atoms with Crippen LogP contribution in [0.4, 0.5) is 4.39 Å². The number of rotatable bonds is 5. The Labute approximate surface area is 138 Å². The molecule has 0 spiro atoms. The molecule has 6 heteroatoms. The minimum atomic E-state index is -0.437. The molecule has 0 aliphatic carbocycles. The topological polar surface area (TPSA) is 35.5 Å². The molecule has 2 aromatic rings. The molecule has 0 radical (unpaired) electrons. The van der Waals surface area contributed by atoms with E-state index in [1.807, 2.05) is 0 Å². The summed E-state index contributed by atoms with van der Waals surface area (Å²) in [4.78, 5) is 10.8. The van der Waals surface area contributed by atoms with Crippen LogP contribution in [0.5, 0.6) is 11.5 Å². The maximum atomic E-state index is 13.6. The maximum Gasteiger partial charge on any atom is 0.165 e. The molecule has 3 nitrogen and oxygen atoms in total. The van der Waals surface area contributed by atoms with Gasteiger partial charge in [-0.15, -0.1) is 0 Å². The van der Waals surface area contributed by atoms with Crippen LogP contribution >= 0.6 is 31.9 Å². The van der Waals surface area contributed by atoms with Gasteiger partial charge < -0.3 is 9.47 Å². The van der Waals surface area contributed by atoms with Crippen LogP contribution in [0.2, 0.25) is 0 Å². The molecule has 0 aliphatic heterocycles. The van der Waals surface area contributed by atoms with Gasteiger partial charge in [0, 0.05) is 5.56 Å². The largest absolute Gasteiger partial charge is 0.494 e. The molecular formula is C15H11Br2FO3. The number of benzene rings is 2. The molecule has 0 amide bonds. The molecule has 0 saturated carbocycles. The first-order chi connectivity index (χ1) is 10.0. The first-order valence-corrected chi connectivity index (χ1v) is 7.53. The standard InChI is InChI=1S/C15H11Br2FO3/c1-20-14-3-2-9(6-13(14)18)8-21-15-11(16)4-10(7-19)5-12(15)17/h2-7H,8H2,1H3. The Morgan fingerprint density at radius 1 is 1.19 bits per heavy atom. The van der Waals surface area contributed by atoms with E-state index in [9.17, 15) is 9.18 Å². The first-order valence-electron chi connectivity index (χ1n) is 5.94. The minimum Gasteiger partial charge on any atom is -0.494 e. The highest BCUT2D eigenvalue weighted by molar-refractivity contribution is 9.11. The van der Waals surface area contributed by atoms with Gasteiger partial charge in [0.05, 0.1) is 16.1 Å². The lowest BCUT2D eigenvalue weighted by Crippen LogP contribution is -1.99. The Morgan fingerprint density at radius 2 is 1.86 bits per heavy atom. The van der Waals surface area contributed by atoms with Crippen molar-refractivity contribution in [1.29, 1.82) is 0 Å². The highest BCUT2D eigenvalue weighted by Gasteiger charge is 2.10. The van der Waals surface area contributed by atoms with E-state index in [0.717, 1.165) is 6.29 Å². The van der Waals surface area contributed by atoms with E-state index in [4.69, 9.17) is 9.47 Å². The molecule has 0 aromatic heterocycles. The van der Waals surface area contributed by atoms with Crippen molar-refractivity contribution in [3.8, 4) is 11.5 Å². The summed E-state index contributed by atoms with van der Waals surface area (Å²) in [7, 11) is 1.41. The molecular weight excluding hydrogens is 407 g/mol. The van der Waals surface area contributed by atoms with Gasteiger partial charge in [0.25, 0.3) is 0 Å². The summed E-state index contributed by atoms with van der Waals surface area (Å²) in [5, 5.41) is 0. The molecule has 0 aliphatic rings. The van der Waals surface area contributed by atoms with Crippen LogP contribution in [-0.2, 0) is 6.61 Å². The van der Waals surface area contributed by atoms with Crippen molar-refractivity contribution < 1.29 is 18.7 Å². The second-order valence-corrected chi connectivity index (χ2v) is 5.90. The van der Waals surface area contributed by atoms with Crippen LogP contribution < -0.4 is 9.47 Å². The molecule has 0 atom stereocenters. The summed E-state index contributed by atoms with van der Waals surface area (Å²) in [5.41, 5.74) is 1.20. The highest BCUT2D eigenvalue weighted by atomic mass is 79.9. The van der Waals surface area contributed by atoms with Gasteiger partial charge in [-0.25, -0.2) is 4.39 Å². The zero-order valence-electron chi connectivity index (χ0n) is 11.0. The average Bonchev–Trinajstić information content (AvgIpc) is 2.46. The Morgan fingerprint density at radius 3 is 2.38 bits per heavy atom. The Kier molecular flexibility index (Phi) is 5.36. The molecule has 2 rings (SSSR count). The van der Waals surface area contributed by atoms with E-state index in [0.29, 0.717) is 25.8 Å². The normalized spacial score (nSPS) is 10.3. The lowest BCUT2D eigenvalue weighted by molar-refractivity contribution is 0.112. The van der Waals surface area contributed by atoms with Crippen LogP contribution in [0.25, 0.3) is 0 Å². The van der Waals surface area contributed by atoms with Gasteiger partial charge in [0.1, 0.15) is 18.6 Å². The fraction of sp³-hybridized carbons (Fsp3) is 0.133. The van der Waals surface area contributed by atoms with Crippen LogP contribution in [0.15, 0.2) is 39.3 Å². The van der Waals surface area contributed by atoms with Crippen molar-refractivity contribution in [3.05, 3.63) is 56.2 Å². The quantitative estimate of drug-likeness (QED) is 0.658. The molecule has 0 bridgehead atoms. The van der Waals surface area contributed by atoms with Gasteiger partial charge in [-0.05, 0) is 61.7 Å². The molecule has 2 aromatic carbocycles. The van der Waals surface area contributed by atoms with E-state index in [2.05, 4.69) is 31.9 Å². The van der Waals surface area contributed by atoms with Crippen LogP contribution in [0, 0.1) is 5.82 Å². The van der Waals surface area contributed by atoms with E-state index < -0.39 is 5.82 Å². The van der Waals surface area contributed by atoms with Gasteiger partial charge in [-0.3, -0.25) is 4.79 Å². The first kappa shape index (κ1) is 16.0. The Hall–Kier alpha value is -1.40. The molecule has 0 saturated heterocycles. The Bertz CT molecular complexity index is 651. The monoisotopic (exact) mass is 416 g/mol. The van der Waals surface area contributed by atoms with Gasteiger partial charge in [-0.2, -0.15) is 0 Å². The second-order valence-electron chi connectivity index (χ2n) is 4.19. The highest BCUT2D eigenvalue weighted by Crippen LogP contribution is 2.35. The van der Waals surface area contributed by atoms with Crippen molar-refractivity contribution in [2.24, 2.45) is 0 Å². The second kappa shape index (κ2) is 7.04. The number of carbonyl (C=O) groups is 1. The zero-order chi connectivity index (χ0) is 15.4. The fourth-order valence-electron chi connectivity index (χ4n) is 1.74. The van der Waals surface area contributed by atoms with Gasteiger partial charge in [-0.1, -0.05) is 6.07 Å². The van der Waals surface area contributed by atoms with Crippen molar-refractivity contribution in [1.82, 2.24) is 0 Å². The molecule has 0 unspecified atom stereocenters. The van der Waals surface area contributed by atoms with Crippen molar-refractivity contribution in [2.45, 2.75) is 6.61 Å². The summed E-state index contributed by atoms with van der Waals surface area (Å²) in [6.07, 6.45) is 0.748. The predicted octanol–water partition coefficient (Wildman–Crippen LogP) is 4.75. The number of halogens is 3. The summed E-state index contributed by atoms with van der Waals surface area (Å²) >= 11 is 6.68. The summed E-state index contributed by atoms with van der Waals surface area (Å²) in [6, 6.07) is 7.95. The minimum absolute atomic E-state index is 0.191. The number of hydrogen-bond acceptors (Lipinski definition) is 3. The SMILES string of the molecule is COc1ccc(COc2c(Br)cc(C=O)cc2Br)cc1F. The number of hydrogen-bond donors (Lipinski definition) is 0. The molecule has 0 N–H and O–H groups in total. The number of methoxy groups -OCH3 is 1. The van der Waals surface area contributed by atoms with E-state index >= 15 is 0 Å². The molecule has 0 fully saturated rings. The van der Waals surface area contributed by atoms with E-state index in [1.54, 1.807) is 24.3 Å². The lowest BCUT2D eigenvalue weighted by Gasteiger charge is -2.11. The zero-order valence-corrected chi connectivity index (χ0v) is 14.2. The predicted molar refractivity (Wildman–Crippen MR) is 84.5 cm³/mol. The van der Waals surface area contributed by atoms with Crippen LogP contribution in [-0.4, -0.2) is 13.4 Å². The molecule has 0 heterocycles. The molecule has 21 heavy (non-hydrogen) atoms. The third-order valence-corrected chi connectivity index (χ3v) is 3.93. The average molecular weight is 418 g/mol. The fourth-order valence-corrected chi connectivity index (χ4v) is 3.19. The van der Waals surface area contributed by atoms with Crippen molar-refractivity contribution in [2.75, 3.05) is 7.11 Å². The maximum absolute atomic E-state index is 13.6. The van der Waals surface area contributed by atoms with Gasteiger partial charge >= 0.3 is 0 Å². The number of ether oxygens (including phenoxy) is 2. The summed E-state index contributed by atoms with van der Waals surface area (Å²) < 4.78 is 25.4. The third kappa shape index (κ3) is 3.83. The Balaban J connectivity index is 2.16. The third-order valence-electron chi connectivity index (χ3n) is 2.76. The molecule has 110 valence electrons. The number of carbonyl (C=O) groups excluding carboxylic acids is 1.